The Labute approximate surface area is 202 Å². The van der Waals surface area contributed by atoms with Gasteiger partial charge in [0.05, 0.1) is 25.5 Å². The predicted molar refractivity (Wildman–Crippen MR) is 126 cm³/mol. The summed E-state index contributed by atoms with van der Waals surface area (Å²) in [5.41, 5.74) is 1.48. The van der Waals surface area contributed by atoms with Crippen LogP contribution in [0.15, 0.2) is 25.0 Å². The molecule has 34 heavy (non-hydrogen) atoms. The molecule has 4 N–H and O–H groups in total. The summed E-state index contributed by atoms with van der Waals surface area (Å²) in [5, 5.41) is 25.4. The van der Waals surface area contributed by atoms with Crippen molar-refractivity contribution in [2.75, 3.05) is 10.6 Å². The van der Waals surface area contributed by atoms with Crippen LogP contribution in [0.3, 0.4) is 0 Å². The molecule has 5 rings (SSSR count). The molecule has 12 nitrogen and oxygen atoms in total. The monoisotopic (exact) mass is 498 g/mol. The SMILES string of the molecule is O=C(Cc1cnc[nH]1)Nc1nnc(C2CCCC(c3nnc(NC(=O)Cc4cnc[nH]4)s3)C2)s1. The standard InChI is InChI=1S/C20H22N10O2S2/c31-15(5-13-7-21-9-23-13)25-19-29-27-17(33-19)11-2-1-3-12(4-11)18-28-30-20(34-18)26-16(32)6-14-8-22-10-24-14/h7-12H,1-6H2,(H,21,23)(H,22,24)(H,25,29,31)(H,26,30,32). The molecule has 1 aliphatic carbocycles. The summed E-state index contributed by atoms with van der Waals surface area (Å²) in [7, 11) is 0. The van der Waals surface area contributed by atoms with Crippen LogP contribution in [-0.4, -0.2) is 52.1 Å². The molecule has 0 saturated heterocycles. The highest BCUT2D eigenvalue weighted by Crippen LogP contribution is 2.43. The molecule has 4 aromatic heterocycles. The number of nitrogens with one attached hydrogen (secondary N) is 4. The quantitative estimate of drug-likeness (QED) is 0.287. The third-order valence-corrected chi connectivity index (χ3v) is 7.56. The van der Waals surface area contributed by atoms with Crippen LogP contribution in [0.4, 0.5) is 10.3 Å². The zero-order chi connectivity index (χ0) is 23.3. The molecule has 1 fully saturated rings. The van der Waals surface area contributed by atoms with Gasteiger partial charge in [0.2, 0.25) is 22.1 Å². The largest absolute Gasteiger partial charge is 0.348 e. The van der Waals surface area contributed by atoms with E-state index in [2.05, 4.69) is 51.0 Å². The summed E-state index contributed by atoms with van der Waals surface area (Å²) in [6.45, 7) is 0. The van der Waals surface area contributed by atoms with E-state index in [4.69, 9.17) is 0 Å². The van der Waals surface area contributed by atoms with E-state index >= 15 is 0 Å². The number of anilines is 2. The Balaban J connectivity index is 1.16. The Bertz CT molecular complexity index is 1140. The Kier molecular flexibility index (Phi) is 6.67. The molecule has 2 amide bonds. The molecule has 176 valence electrons. The van der Waals surface area contributed by atoms with Crippen LogP contribution in [-0.2, 0) is 22.4 Å². The van der Waals surface area contributed by atoms with Gasteiger partial charge >= 0.3 is 0 Å². The summed E-state index contributed by atoms with van der Waals surface area (Å²) in [6.07, 6.45) is 10.7. The van der Waals surface area contributed by atoms with Crippen molar-refractivity contribution in [1.82, 2.24) is 40.3 Å². The fourth-order valence-corrected chi connectivity index (χ4v) is 5.79. The van der Waals surface area contributed by atoms with Crippen molar-refractivity contribution in [3.63, 3.8) is 0 Å². The van der Waals surface area contributed by atoms with Gasteiger partial charge in [-0.3, -0.25) is 9.59 Å². The summed E-state index contributed by atoms with van der Waals surface area (Å²) in [6, 6.07) is 0. The third-order valence-electron chi connectivity index (χ3n) is 5.56. The first-order valence-electron chi connectivity index (χ1n) is 10.8. The van der Waals surface area contributed by atoms with Crippen molar-refractivity contribution in [3.05, 3.63) is 46.5 Å². The number of hydrogen-bond donors (Lipinski definition) is 4. The highest BCUT2D eigenvalue weighted by molar-refractivity contribution is 7.15. The zero-order valence-electron chi connectivity index (χ0n) is 18.0. The lowest BCUT2D eigenvalue weighted by atomic mass is 9.82. The number of carbonyl (C=O) groups excluding carboxylic acids is 2. The van der Waals surface area contributed by atoms with Gasteiger partial charge in [-0.05, 0) is 19.3 Å². The third kappa shape index (κ3) is 5.51. The normalized spacial score (nSPS) is 18.0. The van der Waals surface area contributed by atoms with E-state index in [9.17, 15) is 9.59 Å². The fraction of sp³-hybridized carbons (Fsp3) is 0.400. The topological polar surface area (TPSA) is 167 Å². The van der Waals surface area contributed by atoms with Crippen LogP contribution in [0.25, 0.3) is 0 Å². The maximum Gasteiger partial charge on any atom is 0.232 e. The number of amides is 2. The molecule has 0 spiro atoms. The second kappa shape index (κ2) is 10.2. The van der Waals surface area contributed by atoms with Gasteiger partial charge in [-0.2, -0.15) is 0 Å². The lowest BCUT2D eigenvalue weighted by Gasteiger charge is -2.25. The predicted octanol–water partition coefficient (Wildman–Crippen LogP) is 2.64. The molecule has 0 aromatic carbocycles. The first-order chi connectivity index (χ1) is 16.6. The van der Waals surface area contributed by atoms with Crippen LogP contribution in [0.2, 0.25) is 0 Å². The van der Waals surface area contributed by atoms with E-state index in [0.29, 0.717) is 10.3 Å². The second-order valence-corrected chi connectivity index (χ2v) is 10.1. The van der Waals surface area contributed by atoms with E-state index in [1.54, 1.807) is 25.0 Å². The molecule has 1 saturated carbocycles. The minimum Gasteiger partial charge on any atom is -0.348 e. The Morgan fingerprint density at radius 2 is 1.32 bits per heavy atom. The molecule has 0 radical (unpaired) electrons. The molecule has 14 heteroatoms. The van der Waals surface area contributed by atoms with Crippen LogP contribution in [0.1, 0.15) is 58.9 Å². The van der Waals surface area contributed by atoms with Crippen molar-refractivity contribution in [1.29, 1.82) is 0 Å². The highest BCUT2D eigenvalue weighted by atomic mass is 32.1. The molecule has 2 unspecified atom stereocenters. The first kappa shape index (κ1) is 22.3. The van der Waals surface area contributed by atoms with E-state index in [-0.39, 0.29) is 36.5 Å². The number of hydrogen-bond acceptors (Lipinski definition) is 10. The number of imidazole rings is 2. The number of carbonyl (C=O) groups is 2. The van der Waals surface area contributed by atoms with E-state index < -0.39 is 0 Å². The van der Waals surface area contributed by atoms with Gasteiger partial charge in [0.25, 0.3) is 0 Å². The minimum absolute atomic E-state index is 0.163. The van der Waals surface area contributed by atoms with E-state index in [1.165, 1.54) is 22.7 Å². The number of aromatic nitrogens is 8. The van der Waals surface area contributed by atoms with Crippen molar-refractivity contribution in [3.8, 4) is 0 Å². The fourth-order valence-electron chi connectivity index (χ4n) is 3.97. The maximum absolute atomic E-state index is 12.2. The highest BCUT2D eigenvalue weighted by Gasteiger charge is 2.29. The van der Waals surface area contributed by atoms with E-state index in [0.717, 1.165) is 47.1 Å². The van der Waals surface area contributed by atoms with Gasteiger partial charge in [0.15, 0.2) is 0 Å². The van der Waals surface area contributed by atoms with Gasteiger partial charge in [-0.15, -0.1) is 20.4 Å². The lowest BCUT2D eigenvalue weighted by molar-refractivity contribution is -0.116. The molecule has 4 aromatic rings. The molecular weight excluding hydrogens is 476 g/mol. The lowest BCUT2D eigenvalue weighted by Crippen LogP contribution is -2.14. The van der Waals surface area contributed by atoms with Gasteiger partial charge in [0, 0.05) is 35.6 Å². The van der Waals surface area contributed by atoms with Crippen molar-refractivity contribution in [2.45, 2.75) is 50.4 Å². The Hall–Kier alpha value is -3.52. The Morgan fingerprint density at radius 3 is 1.76 bits per heavy atom. The summed E-state index contributed by atoms with van der Waals surface area (Å²) >= 11 is 2.83. The smallest absolute Gasteiger partial charge is 0.232 e. The van der Waals surface area contributed by atoms with Crippen LogP contribution >= 0.6 is 22.7 Å². The number of H-pyrrole nitrogens is 2. The Morgan fingerprint density at radius 1 is 0.824 bits per heavy atom. The molecule has 0 bridgehead atoms. The average molecular weight is 499 g/mol. The average Bonchev–Trinajstić information content (AvgIpc) is 3.63. The van der Waals surface area contributed by atoms with Gasteiger partial charge < -0.3 is 20.6 Å². The van der Waals surface area contributed by atoms with Crippen LogP contribution in [0.5, 0.6) is 0 Å². The van der Waals surface area contributed by atoms with Gasteiger partial charge in [-0.1, -0.05) is 29.1 Å². The molecule has 0 aliphatic heterocycles. The second-order valence-electron chi connectivity index (χ2n) is 8.05. The maximum atomic E-state index is 12.2. The van der Waals surface area contributed by atoms with Crippen LogP contribution < -0.4 is 10.6 Å². The molecule has 2 atom stereocenters. The van der Waals surface area contributed by atoms with E-state index in [1.807, 2.05) is 0 Å². The van der Waals surface area contributed by atoms with Gasteiger partial charge in [-0.25, -0.2) is 9.97 Å². The number of rotatable bonds is 8. The van der Waals surface area contributed by atoms with Gasteiger partial charge in [0.1, 0.15) is 10.0 Å². The summed E-state index contributed by atoms with van der Waals surface area (Å²) < 4.78 is 0. The number of nitrogens with zero attached hydrogens (tertiary/aromatic N) is 6. The molecular formula is C20H22N10O2S2. The number of aromatic amines is 2. The zero-order valence-corrected chi connectivity index (χ0v) is 19.7. The molecule has 4 heterocycles. The molecule has 1 aliphatic rings. The van der Waals surface area contributed by atoms with Crippen molar-refractivity contribution >= 4 is 44.8 Å². The van der Waals surface area contributed by atoms with Crippen molar-refractivity contribution in [2.24, 2.45) is 0 Å². The van der Waals surface area contributed by atoms with Crippen LogP contribution in [0, 0.1) is 0 Å². The van der Waals surface area contributed by atoms with Crippen molar-refractivity contribution < 1.29 is 9.59 Å². The first-order valence-corrected chi connectivity index (χ1v) is 12.5. The summed E-state index contributed by atoms with van der Waals surface area (Å²) in [4.78, 5) is 38.1. The summed E-state index contributed by atoms with van der Waals surface area (Å²) in [5.74, 6) is 0.169. The minimum atomic E-state index is -0.163.